The van der Waals surface area contributed by atoms with Crippen LogP contribution in [0, 0.1) is 0 Å². The van der Waals surface area contributed by atoms with E-state index in [0.29, 0.717) is 13.2 Å². The highest BCUT2D eigenvalue weighted by atomic mass is 16.7. The van der Waals surface area contributed by atoms with E-state index in [-0.39, 0.29) is 6.10 Å². The van der Waals surface area contributed by atoms with Crippen LogP contribution in [0.1, 0.15) is 0 Å². The number of aliphatic hydroxyl groups excluding tert-OH is 1. The van der Waals surface area contributed by atoms with Gasteiger partial charge in [-0.3, -0.25) is 9.52 Å². The molecule has 0 radical (unpaired) electrons. The molecule has 1 N–H and O–H groups in total. The van der Waals surface area contributed by atoms with E-state index in [9.17, 15) is 0 Å². The van der Waals surface area contributed by atoms with Crippen LogP contribution in [0.2, 0.25) is 0 Å². The van der Waals surface area contributed by atoms with E-state index in [1.807, 2.05) is 16.9 Å². The van der Waals surface area contributed by atoms with Gasteiger partial charge in [-0.05, 0) is 6.07 Å². The molecule has 0 aromatic carbocycles. The van der Waals surface area contributed by atoms with Gasteiger partial charge in [0.1, 0.15) is 0 Å². The molecule has 2 heterocycles. The van der Waals surface area contributed by atoms with Gasteiger partial charge in [0.2, 0.25) is 0 Å². The quantitative estimate of drug-likeness (QED) is 0.685. The Kier molecular flexibility index (Phi) is 2.58. The fourth-order valence-corrected chi connectivity index (χ4v) is 1.33. The van der Waals surface area contributed by atoms with Crippen molar-refractivity contribution in [2.75, 3.05) is 19.7 Å². The fraction of sp³-hybridized carbons (Fsp3) is 0.625. The number of nitrogens with zero attached hydrogens (tertiary/aromatic N) is 3. The number of hydrogen-bond acceptors (Lipinski definition) is 4. The van der Waals surface area contributed by atoms with E-state index in [1.165, 1.54) is 0 Å². The van der Waals surface area contributed by atoms with Crippen LogP contribution in [0.5, 0.6) is 0 Å². The maximum absolute atomic E-state index is 9.17. The summed E-state index contributed by atoms with van der Waals surface area (Å²) in [6, 6.07) is 1.89. The molecule has 1 fully saturated rings. The third kappa shape index (κ3) is 2.27. The Bertz CT molecular complexity index is 250. The summed E-state index contributed by atoms with van der Waals surface area (Å²) in [5.74, 6) is 0. The molecule has 1 aliphatic heterocycles. The highest BCUT2D eigenvalue weighted by Gasteiger charge is 2.20. The van der Waals surface area contributed by atoms with Gasteiger partial charge in [0.15, 0.2) is 0 Å². The van der Waals surface area contributed by atoms with Gasteiger partial charge < -0.3 is 5.11 Å². The van der Waals surface area contributed by atoms with E-state index in [4.69, 9.17) is 9.94 Å². The maximum Gasteiger partial charge on any atom is 0.0958 e. The Hall–Kier alpha value is -0.910. The largest absolute Gasteiger partial charge is 0.389 e. The average molecular weight is 183 g/mol. The predicted molar refractivity (Wildman–Crippen MR) is 45.8 cm³/mol. The highest BCUT2D eigenvalue weighted by molar-refractivity contribution is 4.77. The molecule has 1 aliphatic rings. The van der Waals surface area contributed by atoms with Crippen LogP contribution in [-0.2, 0) is 11.4 Å². The lowest BCUT2D eigenvalue weighted by Crippen LogP contribution is -2.25. The zero-order valence-electron chi connectivity index (χ0n) is 7.33. The summed E-state index contributed by atoms with van der Waals surface area (Å²) in [4.78, 5) is 5.21. The molecule has 0 bridgehead atoms. The zero-order chi connectivity index (χ0) is 9.10. The van der Waals surface area contributed by atoms with Crippen LogP contribution in [0.4, 0.5) is 0 Å². The first-order valence-electron chi connectivity index (χ1n) is 4.38. The van der Waals surface area contributed by atoms with Crippen molar-refractivity contribution in [1.82, 2.24) is 14.8 Å². The topological polar surface area (TPSA) is 50.5 Å². The number of hydroxylamine groups is 2. The summed E-state index contributed by atoms with van der Waals surface area (Å²) in [5, 5.41) is 15.0. The van der Waals surface area contributed by atoms with E-state index in [2.05, 4.69) is 5.10 Å². The van der Waals surface area contributed by atoms with Crippen LogP contribution < -0.4 is 0 Å². The van der Waals surface area contributed by atoms with E-state index in [1.54, 1.807) is 11.3 Å². The first-order chi connectivity index (χ1) is 6.34. The normalized spacial score (nSPS) is 23.9. The van der Waals surface area contributed by atoms with E-state index < -0.39 is 0 Å². The second kappa shape index (κ2) is 3.87. The molecule has 5 nitrogen and oxygen atoms in total. The van der Waals surface area contributed by atoms with Gasteiger partial charge in [0.05, 0.1) is 25.8 Å². The molecule has 13 heavy (non-hydrogen) atoms. The molecule has 1 saturated heterocycles. The molecular weight excluding hydrogens is 170 g/mol. The predicted octanol–water partition coefficient (Wildman–Crippen LogP) is -0.509. The molecule has 0 saturated carbocycles. The van der Waals surface area contributed by atoms with Gasteiger partial charge in [0, 0.05) is 18.9 Å². The standard InChI is InChI=1S/C8H13N3O2/c12-8-6-11(13-7-8)5-4-10-3-1-2-9-10/h1-3,8,12H,4-7H2/t8-/m0/s1. The smallest absolute Gasteiger partial charge is 0.0958 e. The lowest BCUT2D eigenvalue weighted by atomic mass is 10.4. The van der Waals surface area contributed by atoms with Crippen LogP contribution in [0.3, 0.4) is 0 Å². The molecule has 0 aliphatic carbocycles. The molecule has 0 unspecified atom stereocenters. The zero-order valence-corrected chi connectivity index (χ0v) is 7.33. The van der Waals surface area contributed by atoms with Gasteiger partial charge in [-0.15, -0.1) is 0 Å². The van der Waals surface area contributed by atoms with Gasteiger partial charge >= 0.3 is 0 Å². The summed E-state index contributed by atoms with van der Waals surface area (Å²) in [6.07, 6.45) is 3.32. The Labute approximate surface area is 76.5 Å². The molecule has 0 amide bonds. The Balaban J connectivity index is 1.74. The van der Waals surface area contributed by atoms with Crippen LogP contribution >= 0.6 is 0 Å². The van der Waals surface area contributed by atoms with Crippen molar-refractivity contribution in [3.05, 3.63) is 18.5 Å². The van der Waals surface area contributed by atoms with Crippen molar-refractivity contribution in [2.24, 2.45) is 0 Å². The molecule has 0 spiro atoms. The van der Waals surface area contributed by atoms with Crippen molar-refractivity contribution in [3.8, 4) is 0 Å². The third-order valence-corrected chi connectivity index (χ3v) is 2.00. The monoisotopic (exact) mass is 183 g/mol. The summed E-state index contributed by atoms with van der Waals surface area (Å²) < 4.78 is 1.84. The van der Waals surface area contributed by atoms with E-state index in [0.717, 1.165) is 13.1 Å². The molecule has 1 aromatic rings. The first-order valence-corrected chi connectivity index (χ1v) is 4.38. The maximum atomic E-state index is 9.17. The first kappa shape index (κ1) is 8.68. The molecule has 72 valence electrons. The second-order valence-electron chi connectivity index (χ2n) is 3.11. The Morgan fingerprint density at radius 1 is 1.54 bits per heavy atom. The van der Waals surface area contributed by atoms with Crippen molar-refractivity contribution < 1.29 is 9.94 Å². The summed E-state index contributed by atoms with van der Waals surface area (Å²) in [6.45, 7) is 2.57. The SMILES string of the molecule is O[C@@H]1CON(CCn2cccn2)C1. The van der Waals surface area contributed by atoms with Gasteiger partial charge in [0.25, 0.3) is 0 Å². The van der Waals surface area contributed by atoms with Crippen molar-refractivity contribution in [1.29, 1.82) is 0 Å². The van der Waals surface area contributed by atoms with Crippen molar-refractivity contribution >= 4 is 0 Å². The number of aromatic nitrogens is 2. The van der Waals surface area contributed by atoms with Gasteiger partial charge in [-0.25, -0.2) is 0 Å². The number of hydrogen-bond donors (Lipinski definition) is 1. The minimum Gasteiger partial charge on any atom is -0.389 e. The third-order valence-electron chi connectivity index (χ3n) is 2.00. The lowest BCUT2D eigenvalue weighted by Gasteiger charge is -2.12. The minimum atomic E-state index is -0.336. The summed E-state index contributed by atoms with van der Waals surface area (Å²) in [7, 11) is 0. The molecule has 1 atom stereocenters. The van der Waals surface area contributed by atoms with Crippen molar-refractivity contribution in [2.45, 2.75) is 12.6 Å². The van der Waals surface area contributed by atoms with Gasteiger partial charge in [-0.1, -0.05) is 0 Å². The highest BCUT2D eigenvalue weighted by Crippen LogP contribution is 2.04. The van der Waals surface area contributed by atoms with E-state index >= 15 is 0 Å². The molecule has 1 aromatic heterocycles. The molecule has 2 rings (SSSR count). The van der Waals surface area contributed by atoms with Crippen molar-refractivity contribution in [3.63, 3.8) is 0 Å². The lowest BCUT2D eigenvalue weighted by molar-refractivity contribution is -0.112. The second-order valence-corrected chi connectivity index (χ2v) is 3.11. The Morgan fingerprint density at radius 2 is 2.46 bits per heavy atom. The van der Waals surface area contributed by atoms with Crippen LogP contribution in [0.15, 0.2) is 18.5 Å². The number of aliphatic hydroxyl groups is 1. The van der Waals surface area contributed by atoms with Crippen LogP contribution in [0.25, 0.3) is 0 Å². The summed E-state index contributed by atoms with van der Waals surface area (Å²) >= 11 is 0. The minimum absolute atomic E-state index is 0.336. The van der Waals surface area contributed by atoms with Crippen LogP contribution in [-0.4, -0.2) is 45.8 Å². The average Bonchev–Trinajstić information content (AvgIpc) is 2.71. The number of rotatable bonds is 3. The fourth-order valence-electron chi connectivity index (χ4n) is 1.33. The molecular formula is C8H13N3O2. The number of β-amino-alcohol motifs (C(OH)–C–C–N with tert-alkyl or cyclic N) is 1. The molecule has 5 heteroatoms. The Morgan fingerprint density at radius 3 is 3.08 bits per heavy atom. The summed E-state index contributed by atoms with van der Waals surface area (Å²) in [5.41, 5.74) is 0. The van der Waals surface area contributed by atoms with Gasteiger partial charge in [-0.2, -0.15) is 10.2 Å².